The molecule has 218 valence electrons. The molecule has 2 aliphatic rings. The summed E-state index contributed by atoms with van der Waals surface area (Å²) in [7, 11) is 0. The van der Waals surface area contributed by atoms with Gasteiger partial charge in [-0.1, -0.05) is 113 Å². The van der Waals surface area contributed by atoms with Crippen LogP contribution in [0.4, 0.5) is 0 Å². The van der Waals surface area contributed by atoms with E-state index in [1.807, 2.05) is 6.07 Å². The summed E-state index contributed by atoms with van der Waals surface area (Å²) in [6.45, 7) is 14.1. The van der Waals surface area contributed by atoms with Crippen molar-refractivity contribution in [2.45, 2.75) is 103 Å². The molecule has 1 aromatic heterocycles. The molecule has 0 radical (unpaired) electrons. The standard InChI is InChI=1S/C39H45NO2/c1-38(2,3)30-16-18-33(35(22-30)28-12-13-28)37(34-19-17-31(39(4,5)6)23-36(34)29-14-15-29)40-42-25-27-21-32(41-24-27)20-26-10-8-7-9-11-26/h7-11,16-19,21-24,28-29H,12-15,20,25H2,1-6H3. The number of nitrogens with zero attached hydrogens (tertiary/aromatic N) is 1. The molecule has 0 unspecified atom stereocenters. The Labute approximate surface area is 252 Å². The zero-order chi connectivity index (χ0) is 29.5. The number of oxime groups is 1. The number of hydrogen-bond donors (Lipinski definition) is 0. The first-order chi connectivity index (χ1) is 20.1. The van der Waals surface area contributed by atoms with Crippen molar-refractivity contribution in [3.8, 4) is 0 Å². The lowest BCUT2D eigenvalue weighted by Gasteiger charge is -2.24. The Morgan fingerprint density at radius 3 is 1.76 bits per heavy atom. The second kappa shape index (κ2) is 11.2. The van der Waals surface area contributed by atoms with Crippen LogP contribution in [0.2, 0.25) is 0 Å². The van der Waals surface area contributed by atoms with Gasteiger partial charge in [0.15, 0.2) is 0 Å². The normalized spacial score (nSPS) is 15.5. The summed E-state index contributed by atoms with van der Waals surface area (Å²) in [5.74, 6) is 2.13. The molecule has 0 bridgehead atoms. The van der Waals surface area contributed by atoms with Crippen molar-refractivity contribution in [3.63, 3.8) is 0 Å². The van der Waals surface area contributed by atoms with E-state index < -0.39 is 0 Å². The van der Waals surface area contributed by atoms with Crippen molar-refractivity contribution in [3.05, 3.63) is 129 Å². The van der Waals surface area contributed by atoms with Gasteiger partial charge in [0.05, 0.1) is 6.26 Å². The average molecular weight is 560 g/mol. The highest BCUT2D eigenvalue weighted by molar-refractivity contribution is 6.14. The quantitative estimate of drug-likeness (QED) is 0.151. The Bertz CT molecular complexity index is 1500. The number of rotatable bonds is 9. The zero-order valence-corrected chi connectivity index (χ0v) is 26.2. The van der Waals surface area contributed by atoms with Crippen LogP contribution >= 0.6 is 0 Å². The second-order valence-corrected chi connectivity index (χ2v) is 14.4. The number of furan rings is 1. The van der Waals surface area contributed by atoms with Gasteiger partial charge in [0, 0.05) is 23.1 Å². The first kappa shape index (κ1) is 28.5. The Hall–Kier alpha value is -3.59. The molecule has 0 aliphatic heterocycles. The van der Waals surface area contributed by atoms with Crippen molar-refractivity contribution >= 4 is 5.71 Å². The van der Waals surface area contributed by atoms with Crippen LogP contribution in [0.3, 0.4) is 0 Å². The Morgan fingerprint density at radius 2 is 1.26 bits per heavy atom. The van der Waals surface area contributed by atoms with Crippen LogP contribution < -0.4 is 0 Å². The second-order valence-electron chi connectivity index (χ2n) is 14.4. The zero-order valence-electron chi connectivity index (χ0n) is 26.2. The first-order valence-electron chi connectivity index (χ1n) is 15.7. The van der Waals surface area contributed by atoms with E-state index in [1.165, 1.54) is 64.6 Å². The van der Waals surface area contributed by atoms with Gasteiger partial charge < -0.3 is 9.25 Å². The molecule has 2 saturated carbocycles. The van der Waals surface area contributed by atoms with Crippen molar-refractivity contribution < 1.29 is 9.25 Å². The third kappa shape index (κ3) is 6.56. The molecule has 0 amide bonds. The summed E-state index contributed by atoms with van der Waals surface area (Å²) < 4.78 is 5.87. The van der Waals surface area contributed by atoms with Crippen LogP contribution in [0.25, 0.3) is 0 Å². The lowest BCUT2D eigenvalue weighted by molar-refractivity contribution is 0.130. The highest BCUT2D eigenvalue weighted by Crippen LogP contribution is 2.46. The van der Waals surface area contributed by atoms with E-state index in [9.17, 15) is 0 Å². The molecular weight excluding hydrogens is 514 g/mol. The van der Waals surface area contributed by atoms with Gasteiger partial charge in [0.2, 0.25) is 0 Å². The van der Waals surface area contributed by atoms with Crippen molar-refractivity contribution in [2.24, 2.45) is 5.16 Å². The van der Waals surface area contributed by atoms with E-state index in [0.29, 0.717) is 18.4 Å². The molecule has 3 nitrogen and oxygen atoms in total. The molecule has 42 heavy (non-hydrogen) atoms. The average Bonchev–Trinajstić information content (AvgIpc) is 3.89. The van der Waals surface area contributed by atoms with E-state index in [2.05, 4.69) is 108 Å². The summed E-state index contributed by atoms with van der Waals surface area (Å²) in [5, 5.41) is 4.95. The van der Waals surface area contributed by atoms with Gasteiger partial charge in [-0.05, 0) is 82.2 Å². The van der Waals surface area contributed by atoms with Gasteiger partial charge in [0.1, 0.15) is 18.1 Å². The fraction of sp³-hybridized carbons (Fsp3) is 0.410. The van der Waals surface area contributed by atoms with Crippen LogP contribution in [0.15, 0.2) is 88.6 Å². The third-order valence-corrected chi connectivity index (χ3v) is 8.70. The van der Waals surface area contributed by atoms with Gasteiger partial charge in [-0.15, -0.1) is 0 Å². The molecule has 2 aliphatic carbocycles. The fourth-order valence-electron chi connectivity index (χ4n) is 5.76. The summed E-state index contributed by atoms with van der Waals surface area (Å²) in [5.41, 5.74) is 11.4. The molecule has 1 heterocycles. The minimum absolute atomic E-state index is 0.0995. The Morgan fingerprint density at radius 1 is 0.714 bits per heavy atom. The number of benzene rings is 3. The van der Waals surface area contributed by atoms with Gasteiger partial charge in [-0.3, -0.25) is 0 Å². The van der Waals surface area contributed by atoms with E-state index in [1.54, 1.807) is 6.26 Å². The molecule has 0 N–H and O–H groups in total. The van der Waals surface area contributed by atoms with Crippen LogP contribution in [-0.4, -0.2) is 5.71 Å². The van der Waals surface area contributed by atoms with Crippen LogP contribution in [0, 0.1) is 0 Å². The van der Waals surface area contributed by atoms with E-state index in [-0.39, 0.29) is 10.8 Å². The summed E-state index contributed by atoms with van der Waals surface area (Å²) in [4.78, 5) is 6.19. The molecule has 0 atom stereocenters. The summed E-state index contributed by atoms with van der Waals surface area (Å²) in [6.07, 6.45) is 7.54. The van der Waals surface area contributed by atoms with Crippen LogP contribution in [0.1, 0.15) is 129 Å². The predicted molar refractivity (Wildman–Crippen MR) is 173 cm³/mol. The van der Waals surface area contributed by atoms with Crippen molar-refractivity contribution in [1.82, 2.24) is 0 Å². The Kier molecular flexibility index (Phi) is 7.64. The molecule has 4 aromatic rings. The van der Waals surface area contributed by atoms with E-state index >= 15 is 0 Å². The highest BCUT2D eigenvalue weighted by Gasteiger charge is 2.33. The van der Waals surface area contributed by atoms with Crippen LogP contribution in [-0.2, 0) is 28.7 Å². The maximum atomic E-state index is 6.19. The molecule has 0 spiro atoms. The molecule has 6 rings (SSSR count). The molecular formula is C39H45NO2. The maximum absolute atomic E-state index is 6.19. The third-order valence-electron chi connectivity index (χ3n) is 8.70. The van der Waals surface area contributed by atoms with E-state index in [4.69, 9.17) is 14.4 Å². The topological polar surface area (TPSA) is 34.7 Å². The minimum atomic E-state index is 0.0995. The monoisotopic (exact) mass is 559 g/mol. The van der Waals surface area contributed by atoms with Crippen molar-refractivity contribution in [1.29, 1.82) is 0 Å². The molecule has 3 heteroatoms. The van der Waals surface area contributed by atoms with Crippen LogP contribution in [0.5, 0.6) is 0 Å². The number of hydrogen-bond acceptors (Lipinski definition) is 3. The highest BCUT2D eigenvalue weighted by atomic mass is 16.6. The van der Waals surface area contributed by atoms with Gasteiger partial charge in [-0.25, -0.2) is 0 Å². The van der Waals surface area contributed by atoms with Gasteiger partial charge in [0.25, 0.3) is 0 Å². The lowest BCUT2D eigenvalue weighted by atomic mass is 9.81. The molecule has 3 aromatic carbocycles. The SMILES string of the molecule is CC(C)(C)c1ccc(C(=NOCc2coc(Cc3ccccc3)c2)c2ccc(C(C)(C)C)cc2C2CC2)c(C2CC2)c1. The summed E-state index contributed by atoms with van der Waals surface area (Å²) >= 11 is 0. The fourth-order valence-corrected chi connectivity index (χ4v) is 5.76. The predicted octanol–water partition coefficient (Wildman–Crippen LogP) is 10.2. The largest absolute Gasteiger partial charge is 0.469 e. The van der Waals surface area contributed by atoms with Gasteiger partial charge >= 0.3 is 0 Å². The summed E-state index contributed by atoms with van der Waals surface area (Å²) in [6, 6.07) is 26.6. The van der Waals surface area contributed by atoms with Gasteiger partial charge in [-0.2, -0.15) is 0 Å². The smallest absolute Gasteiger partial charge is 0.145 e. The van der Waals surface area contributed by atoms with E-state index in [0.717, 1.165) is 23.5 Å². The molecule has 0 saturated heterocycles. The Balaban J connectivity index is 1.36. The lowest BCUT2D eigenvalue weighted by Crippen LogP contribution is -2.16. The van der Waals surface area contributed by atoms with Crippen molar-refractivity contribution in [2.75, 3.05) is 0 Å². The minimum Gasteiger partial charge on any atom is -0.469 e. The first-order valence-corrected chi connectivity index (χ1v) is 15.7. The molecule has 2 fully saturated rings. The maximum Gasteiger partial charge on any atom is 0.145 e.